The molecule has 2 N–H and O–H groups in total. The Balaban J connectivity index is 1.37. The summed E-state index contributed by atoms with van der Waals surface area (Å²) in [5, 5.41) is 5.56. The molecule has 0 atom stereocenters. The Morgan fingerprint density at radius 2 is 1.82 bits per heavy atom. The molecule has 0 saturated heterocycles. The summed E-state index contributed by atoms with van der Waals surface area (Å²) in [5.74, 6) is 1.18. The summed E-state index contributed by atoms with van der Waals surface area (Å²) in [6.45, 7) is 2.17. The highest BCUT2D eigenvalue weighted by molar-refractivity contribution is 8.00. The molecular formula is C21H21N3O3S. The molecule has 2 amide bonds. The van der Waals surface area contributed by atoms with Crippen LogP contribution in [0.3, 0.4) is 0 Å². The average Bonchev–Trinajstić information content (AvgIpc) is 3.16. The molecule has 0 unspecified atom stereocenters. The Kier molecular flexibility index (Phi) is 6.86. The van der Waals surface area contributed by atoms with Crippen LogP contribution in [0.1, 0.15) is 11.5 Å². The van der Waals surface area contributed by atoms with Gasteiger partial charge in [-0.1, -0.05) is 42.5 Å². The van der Waals surface area contributed by atoms with E-state index in [0.29, 0.717) is 11.7 Å². The van der Waals surface area contributed by atoms with Crippen molar-refractivity contribution in [3.05, 3.63) is 72.2 Å². The quantitative estimate of drug-likeness (QED) is 0.608. The second-order valence-corrected chi connectivity index (χ2v) is 7.16. The van der Waals surface area contributed by atoms with E-state index in [2.05, 4.69) is 15.6 Å². The van der Waals surface area contributed by atoms with Gasteiger partial charge in [-0.05, 0) is 24.6 Å². The van der Waals surface area contributed by atoms with Gasteiger partial charge in [-0.25, -0.2) is 4.98 Å². The number of nitrogens with zero attached hydrogens (tertiary/aromatic N) is 1. The largest absolute Gasteiger partial charge is 0.439 e. The first-order valence-corrected chi connectivity index (χ1v) is 9.97. The van der Waals surface area contributed by atoms with Gasteiger partial charge in [-0.3, -0.25) is 9.59 Å². The fourth-order valence-electron chi connectivity index (χ4n) is 2.51. The van der Waals surface area contributed by atoms with Crippen LogP contribution in [0.2, 0.25) is 0 Å². The smallest absolute Gasteiger partial charge is 0.234 e. The van der Waals surface area contributed by atoms with Crippen LogP contribution in [0.25, 0.3) is 11.3 Å². The second kappa shape index (κ2) is 9.75. The third kappa shape index (κ3) is 5.99. The van der Waals surface area contributed by atoms with Crippen LogP contribution >= 0.6 is 11.8 Å². The number of nitrogens with one attached hydrogen (secondary N) is 2. The van der Waals surface area contributed by atoms with E-state index in [-0.39, 0.29) is 29.9 Å². The predicted octanol–water partition coefficient (Wildman–Crippen LogP) is 3.64. The maximum atomic E-state index is 11.9. The van der Waals surface area contributed by atoms with Crippen molar-refractivity contribution >= 4 is 29.3 Å². The number of amides is 2. The third-order valence-electron chi connectivity index (χ3n) is 3.82. The van der Waals surface area contributed by atoms with Gasteiger partial charge < -0.3 is 15.1 Å². The van der Waals surface area contributed by atoms with Crippen LogP contribution < -0.4 is 10.6 Å². The van der Waals surface area contributed by atoms with Crippen LogP contribution in [0, 0.1) is 6.92 Å². The normalized spacial score (nSPS) is 10.5. The standard InChI is InChI=1S/C21H21N3O3S/c1-15-6-5-9-17(10-15)24-20(26)14-28-13-19(25)22-12-21-23-11-18(27-21)16-7-3-2-4-8-16/h2-11H,12-14H2,1H3,(H,22,25)(H,24,26). The summed E-state index contributed by atoms with van der Waals surface area (Å²) in [7, 11) is 0. The highest BCUT2D eigenvalue weighted by Crippen LogP contribution is 2.19. The molecule has 28 heavy (non-hydrogen) atoms. The van der Waals surface area contributed by atoms with E-state index < -0.39 is 0 Å². The van der Waals surface area contributed by atoms with Crippen LogP contribution in [0.15, 0.2) is 65.2 Å². The number of carbonyl (C=O) groups is 2. The van der Waals surface area contributed by atoms with Gasteiger partial charge in [0.2, 0.25) is 17.7 Å². The molecule has 0 spiro atoms. The summed E-state index contributed by atoms with van der Waals surface area (Å²) in [6.07, 6.45) is 1.64. The SMILES string of the molecule is Cc1cccc(NC(=O)CSCC(=O)NCc2ncc(-c3ccccc3)o2)c1. The number of thioether (sulfide) groups is 1. The fraction of sp³-hybridized carbons (Fsp3) is 0.190. The number of anilines is 1. The summed E-state index contributed by atoms with van der Waals surface area (Å²) in [4.78, 5) is 28.1. The van der Waals surface area contributed by atoms with Crippen molar-refractivity contribution in [3.63, 3.8) is 0 Å². The summed E-state index contributed by atoms with van der Waals surface area (Å²) >= 11 is 1.26. The molecule has 1 heterocycles. The lowest BCUT2D eigenvalue weighted by Gasteiger charge is -2.06. The number of aryl methyl sites for hydroxylation is 1. The number of hydrogen-bond acceptors (Lipinski definition) is 5. The number of hydrogen-bond donors (Lipinski definition) is 2. The Morgan fingerprint density at radius 3 is 2.61 bits per heavy atom. The van der Waals surface area contributed by atoms with Gasteiger partial charge in [0.25, 0.3) is 0 Å². The highest BCUT2D eigenvalue weighted by Gasteiger charge is 2.09. The molecule has 3 rings (SSSR count). The molecule has 0 fully saturated rings. The van der Waals surface area contributed by atoms with Gasteiger partial charge in [-0.15, -0.1) is 11.8 Å². The Hall–Kier alpha value is -3.06. The predicted molar refractivity (Wildman–Crippen MR) is 111 cm³/mol. The van der Waals surface area contributed by atoms with Gasteiger partial charge in [-0.2, -0.15) is 0 Å². The lowest BCUT2D eigenvalue weighted by Crippen LogP contribution is -2.25. The van der Waals surface area contributed by atoms with E-state index in [1.165, 1.54) is 11.8 Å². The first kappa shape index (κ1) is 19.7. The highest BCUT2D eigenvalue weighted by atomic mass is 32.2. The van der Waals surface area contributed by atoms with E-state index in [0.717, 1.165) is 16.8 Å². The second-order valence-electron chi connectivity index (χ2n) is 6.17. The lowest BCUT2D eigenvalue weighted by atomic mass is 10.2. The van der Waals surface area contributed by atoms with Crippen molar-refractivity contribution in [2.24, 2.45) is 0 Å². The average molecular weight is 395 g/mol. The minimum atomic E-state index is -0.173. The molecule has 1 aromatic heterocycles. The van der Waals surface area contributed by atoms with E-state index in [4.69, 9.17) is 4.42 Å². The maximum absolute atomic E-state index is 11.9. The van der Waals surface area contributed by atoms with Gasteiger partial charge in [0.15, 0.2) is 5.76 Å². The van der Waals surface area contributed by atoms with Crippen molar-refractivity contribution in [2.45, 2.75) is 13.5 Å². The van der Waals surface area contributed by atoms with E-state index in [1.54, 1.807) is 6.20 Å². The van der Waals surface area contributed by atoms with Crippen LogP contribution in [0.5, 0.6) is 0 Å². The molecule has 0 aliphatic heterocycles. The first-order valence-electron chi connectivity index (χ1n) is 8.81. The van der Waals surface area contributed by atoms with Gasteiger partial charge >= 0.3 is 0 Å². The summed E-state index contributed by atoms with van der Waals surface area (Å²) < 4.78 is 5.64. The molecule has 7 heteroatoms. The van der Waals surface area contributed by atoms with Crippen molar-refractivity contribution in [1.82, 2.24) is 10.3 Å². The van der Waals surface area contributed by atoms with E-state index >= 15 is 0 Å². The molecule has 0 aliphatic rings. The number of rotatable bonds is 8. The topological polar surface area (TPSA) is 84.2 Å². The Labute approximate surface area is 167 Å². The fourth-order valence-corrected chi connectivity index (χ4v) is 3.16. The zero-order chi connectivity index (χ0) is 19.8. The van der Waals surface area contributed by atoms with E-state index in [9.17, 15) is 9.59 Å². The molecule has 0 bridgehead atoms. The molecular weight excluding hydrogens is 374 g/mol. The molecule has 144 valence electrons. The lowest BCUT2D eigenvalue weighted by molar-refractivity contribution is -0.118. The van der Waals surface area contributed by atoms with Crippen LogP contribution in [-0.4, -0.2) is 28.3 Å². The third-order valence-corrected chi connectivity index (χ3v) is 4.75. The maximum Gasteiger partial charge on any atom is 0.234 e. The van der Waals surface area contributed by atoms with Crippen molar-refractivity contribution in [3.8, 4) is 11.3 Å². The molecule has 6 nitrogen and oxygen atoms in total. The summed E-state index contributed by atoms with van der Waals surface area (Å²) in [6, 6.07) is 17.2. The minimum absolute atomic E-state index is 0.136. The Morgan fingerprint density at radius 1 is 1.04 bits per heavy atom. The number of aromatic nitrogens is 1. The molecule has 0 radical (unpaired) electrons. The number of oxazole rings is 1. The van der Waals surface area contributed by atoms with Gasteiger partial charge in [0, 0.05) is 11.3 Å². The molecule has 0 aliphatic carbocycles. The number of carbonyl (C=O) groups excluding carboxylic acids is 2. The zero-order valence-corrected chi connectivity index (χ0v) is 16.3. The van der Waals surface area contributed by atoms with Crippen molar-refractivity contribution in [1.29, 1.82) is 0 Å². The monoisotopic (exact) mass is 395 g/mol. The first-order chi connectivity index (χ1) is 13.6. The van der Waals surface area contributed by atoms with Crippen LogP contribution in [0.4, 0.5) is 5.69 Å². The minimum Gasteiger partial charge on any atom is -0.439 e. The summed E-state index contributed by atoms with van der Waals surface area (Å²) in [5.41, 5.74) is 2.77. The number of benzene rings is 2. The van der Waals surface area contributed by atoms with Gasteiger partial charge in [0.1, 0.15) is 0 Å². The molecule has 3 aromatic rings. The van der Waals surface area contributed by atoms with Crippen molar-refractivity contribution < 1.29 is 14.0 Å². The van der Waals surface area contributed by atoms with E-state index in [1.807, 2.05) is 61.5 Å². The van der Waals surface area contributed by atoms with Gasteiger partial charge in [0.05, 0.1) is 24.2 Å². The molecule has 0 saturated carbocycles. The Bertz CT molecular complexity index is 941. The van der Waals surface area contributed by atoms with Crippen LogP contribution in [-0.2, 0) is 16.1 Å². The molecule has 2 aromatic carbocycles. The zero-order valence-electron chi connectivity index (χ0n) is 15.5. The van der Waals surface area contributed by atoms with Crippen molar-refractivity contribution in [2.75, 3.05) is 16.8 Å².